The highest BCUT2D eigenvalue weighted by molar-refractivity contribution is 6.44. The average Bonchev–Trinajstić information content (AvgIpc) is 2.83. The van der Waals surface area contributed by atoms with Crippen molar-refractivity contribution >= 4 is 29.1 Å². The number of nitrogens with zero attached hydrogens (tertiary/aromatic N) is 3. The van der Waals surface area contributed by atoms with E-state index < -0.39 is 0 Å². The Labute approximate surface area is 129 Å². The van der Waals surface area contributed by atoms with Crippen molar-refractivity contribution in [2.75, 3.05) is 33.7 Å². The number of carbonyl (C=O) groups excluding carboxylic acids is 1. The molecule has 1 fully saturated rings. The first-order valence-electron chi connectivity index (χ1n) is 6.64. The third-order valence-electron chi connectivity index (χ3n) is 3.56. The van der Waals surface area contributed by atoms with Crippen LogP contribution in [-0.4, -0.2) is 54.4 Å². The summed E-state index contributed by atoms with van der Waals surface area (Å²) in [6.07, 6.45) is 2.54. The lowest BCUT2D eigenvalue weighted by Gasteiger charge is -2.19. The second-order valence-corrected chi connectivity index (χ2v) is 6.31. The van der Waals surface area contributed by atoms with Gasteiger partial charge in [0.25, 0.3) is 5.91 Å². The summed E-state index contributed by atoms with van der Waals surface area (Å²) < 4.78 is 0. The molecule has 1 aromatic heterocycles. The van der Waals surface area contributed by atoms with Gasteiger partial charge in [-0.15, -0.1) is 0 Å². The Morgan fingerprint density at radius 3 is 2.80 bits per heavy atom. The van der Waals surface area contributed by atoms with E-state index in [9.17, 15) is 4.79 Å². The standard InChI is InChI=1S/C14H19Cl2N3O/c1-9-12(15)13(16)11(6-17-9)14(20)19-5-4-10(8-19)7-18(2)3/h6,10H,4-5,7-8H2,1-3H3. The molecule has 1 amide bonds. The lowest BCUT2D eigenvalue weighted by atomic mass is 10.1. The Morgan fingerprint density at radius 1 is 1.45 bits per heavy atom. The highest BCUT2D eigenvalue weighted by Gasteiger charge is 2.29. The van der Waals surface area contributed by atoms with Crippen LogP contribution in [0.5, 0.6) is 0 Å². The van der Waals surface area contributed by atoms with Crippen LogP contribution in [-0.2, 0) is 0 Å². The molecule has 0 bridgehead atoms. The van der Waals surface area contributed by atoms with E-state index in [1.807, 2.05) is 19.0 Å². The second kappa shape index (κ2) is 6.29. The van der Waals surface area contributed by atoms with Crippen molar-refractivity contribution < 1.29 is 4.79 Å². The lowest BCUT2D eigenvalue weighted by molar-refractivity contribution is 0.0785. The van der Waals surface area contributed by atoms with E-state index >= 15 is 0 Å². The van der Waals surface area contributed by atoms with Gasteiger partial charge in [0.1, 0.15) is 0 Å². The van der Waals surface area contributed by atoms with Gasteiger partial charge >= 0.3 is 0 Å². The minimum atomic E-state index is -0.0781. The van der Waals surface area contributed by atoms with Crippen LogP contribution in [0.3, 0.4) is 0 Å². The van der Waals surface area contributed by atoms with Gasteiger partial charge in [-0.25, -0.2) is 0 Å². The van der Waals surface area contributed by atoms with Crippen molar-refractivity contribution in [2.45, 2.75) is 13.3 Å². The number of hydrogen-bond donors (Lipinski definition) is 0. The first kappa shape index (κ1) is 15.5. The zero-order valence-electron chi connectivity index (χ0n) is 12.0. The first-order valence-corrected chi connectivity index (χ1v) is 7.40. The molecule has 4 nitrogen and oxygen atoms in total. The maximum atomic E-state index is 12.5. The van der Waals surface area contributed by atoms with Crippen LogP contribution < -0.4 is 0 Å². The van der Waals surface area contributed by atoms with Gasteiger partial charge in [0.15, 0.2) is 0 Å². The van der Waals surface area contributed by atoms with E-state index in [0.717, 1.165) is 26.1 Å². The third-order valence-corrected chi connectivity index (χ3v) is 4.51. The quantitative estimate of drug-likeness (QED) is 0.860. The summed E-state index contributed by atoms with van der Waals surface area (Å²) in [5, 5.41) is 0.668. The normalized spacial score (nSPS) is 18.9. The number of likely N-dealkylation sites (tertiary alicyclic amines) is 1. The zero-order chi connectivity index (χ0) is 14.9. The second-order valence-electron chi connectivity index (χ2n) is 5.55. The molecule has 1 aliphatic rings. The number of carbonyl (C=O) groups is 1. The van der Waals surface area contributed by atoms with Crippen molar-refractivity contribution in [1.29, 1.82) is 0 Å². The topological polar surface area (TPSA) is 36.4 Å². The van der Waals surface area contributed by atoms with Gasteiger partial charge in [0, 0.05) is 25.8 Å². The van der Waals surface area contributed by atoms with Gasteiger partial charge in [-0.1, -0.05) is 23.2 Å². The molecule has 0 aromatic carbocycles. The molecular formula is C14H19Cl2N3O. The van der Waals surface area contributed by atoms with Gasteiger partial charge in [-0.2, -0.15) is 0 Å². The monoisotopic (exact) mass is 315 g/mol. The summed E-state index contributed by atoms with van der Waals surface area (Å²) in [5.41, 5.74) is 1.04. The van der Waals surface area contributed by atoms with E-state index in [1.54, 1.807) is 6.92 Å². The van der Waals surface area contributed by atoms with Crippen LogP contribution in [0.25, 0.3) is 0 Å². The lowest BCUT2D eigenvalue weighted by Crippen LogP contribution is -2.31. The van der Waals surface area contributed by atoms with Crippen molar-refractivity contribution in [3.8, 4) is 0 Å². The summed E-state index contributed by atoms with van der Waals surface area (Å²) in [5.74, 6) is 0.437. The minimum Gasteiger partial charge on any atom is -0.338 e. The fourth-order valence-electron chi connectivity index (χ4n) is 2.55. The van der Waals surface area contributed by atoms with E-state index in [1.165, 1.54) is 6.20 Å². The fourth-order valence-corrected chi connectivity index (χ4v) is 2.97. The van der Waals surface area contributed by atoms with Crippen LogP contribution in [0.1, 0.15) is 22.5 Å². The number of halogens is 2. The number of aromatic nitrogens is 1. The smallest absolute Gasteiger partial charge is 0.257 e. The molecule has 0 spiro atoms. The maximum absolute atomic E-state index is 12.5. The van der Waals surface area contributed by atoms with Gasteiger partial charge in [-0.3, -0.25) is 9.78 Å². The summed E-state index contributed by atoms with van der Waals surface area (Å²) in [4.78, 5) is 20.6. The molecule has 1 saturated heterocycles. The van der Waals surface area contributed by atoms with E-state index in [-0.39, 0.29) is 5.91 Å². The maximum Gasteiger partial charge on any atom is 0.257 e. The van der Waals surface area contributed by atoms with Crippen molar-refractivity contribution in [1.82, 2.24) is 14.8 Å². The molecule has 1 atom stereocenters. The van der Waals surface area contributed by atoms with E-state index in [0.29, 0.717) is 27.2 Å². The molecule has 110 valence electrons. The van der Waals surface area contributed by atoms with Crippen molar-refractivity contribution in [2.24, 2.45) is 5.92 Å². The SMILES string of the molecule is Cc1ncc(C(=O)N2CCC(CN(C)C)C2)c(Cl)c1Cl. The van der Waals surface area contributed by atoms with E-state index in [4.69, 9.17) is 23.2 Å². The highest BCUT2D eigenvalue weighted by Crippen LogP contribution is 2.29. The Kier molecular flexibility index (Phi) is 4.89. The van der Waals surface area contributed by atoms with Gasteiger partial charge < -0.3 is 9.80 Å². The summed E-state index contributed by atoms with van der Waals surface area (Å²) in [6.45, 7) is 4.29. The van der Waals surface area contributed by atoms with Crippen molar-refractivity contribution in [3.05, 3.63) is 27.5 Å². The minimum absolute atomic E-state index is 0.0781. The number of aryl methyl sites for hydroxylation is 1. The first-order chi connectivity index (χ1) is 9.40. The Morgan fingerprint density at radius 2 is 2.15 bits per heavy atom. The Bertz CT molecular complexity index is 519. The molecule has 1 unspecified atom stereocenters. The molecule has 0 radical (unpaired) electrons. The summed E-state index contributed by atoms with van der Waals surface area (Å²) >= 11 is 12.2. The molecule has 0 N–H and O–H groups in total. The third kappa shape index (κ3) is 3.25. The number of pyridine rings is 1. The van der Waals surface area contributed by atoms with Crippen LogP contribution >= 0.6 is 23.2 Å². The molecule has 0 saturated carbocycles. The largest absolute Gasteiger partial charge is 0.338 e. The molecule has 2 rings (SSSR count). The van der Waals surface area contributed by atoms with Crippen LogP contribution in [0.4, 0.5) is 0 Å². The van der Waals surface area contributed by atoms with Gasteiger partial charge in [0.2, 0.25) is 0 Å². The molecule has 1 aliphatic heterocycles. The summed E-state index contributed by atoms with van der Waals surface area (Å²) in [6, 6.07) is 0. The predicted molar refractivity (Wildman–Crippen MR) is 81.6 cm³/mol. The van der Waals surface area contributed by atoms with Crippen molar-refractivity contribution in [3.63, 3.8) is 0 Å². The fraction of sp³-hybridized carbons (Fsp3) is 0.571. The van der Waals surface area contributed by atoms with E-state index in [2.05, 4.69) is 9.88 Å². The van der Waals surface area contributed by atoms with Gasteiger partial charge in [0.05, 0.1) is 21.3 Å². The Hall–Kier alpha value is -0.840. The predicted octanol–water partition coefficient (Wildman–Crippen LogP) is 2.72. The van der Waals surface area contributed by atoms with Gasteiger partial charge in [-0.05, 0) is 33.4 Å². The number of amides is 1. The molecule has 2 heterocycles. The van der Waals surface area contributed by atoms with Crippen LogP contribution in [0.15, 0.2) is 6.20 Å². The van der Waals surface area contributed by atoms with Crippen LogP contribution in [0, 0.1) is 12.8 Å². The molecule has 0 aliphatic carbocycles. The number of hydrogen-bond acceptors (Lipinski definition) is 3. The molecular weight excluding hydrogens is 297 g/mol. The van der Waals surface area contributed by atoms with Crippen LogP contribution in [0.2, 0.25) is 10.0 Å². The number of rotatable bonds is 3. The molecule has 6 heteroatoms. The molecule has 1 aromatic rings. The average molecular weight is 316 g/mol. The zero-order valence-corrected chi connectivity index (χ0v) is 13.5. The summed E-state index contributed by atoms with van der Waals surface area (Å²) in [7, 11) is 4.09. The molecule has 20 heavy (non-hydrogen) atoms. The Balaban J connectivity index is 2.11. The highest BCUT2D eigenvalue weighted by atomic mass is 35.5.